The molecule has 0 spiro atoms. The van der Waals surface area contributed by atoms with Crippen LogP contribution in [0.5, 0.6) is 0 Å². The number of Topliss-reactive ketones (excluding diaryl/α,β-unsaturated/α-hetero) is 1. The third-order valence-electron chi connectivity index (χ3n) is 2.41. The van der Waals surface area contributed by atoms with Crippen molar-refractivity contribution in [1.82, 2.24) is 0 Å². The summed E-state index contributed by atoms with van der Waals surface area (Å²) in [6.07, 6.45) is 1.79. The smallest absolute Gasteiger partial charge is 0.201 e. The predicted octanol–water partition coefficient (Wildman–Crippen LogP) is 4.02. The Morgan fingerprint density at radius 2 is 2.27 bits per heavy atom. The van der Waals surface area contributed by atoms with E-state index in [9.17, 15) is 4.79 Å². The van der Waals surface area contributed by atoms with Gasteiger partial charge in [0.25, 0.3) is 0 Å². The molecule has 1 fully saturated rings. The van der Waals surface area contributed by atoms with E-state index < -0.39 is 0 Å². The van der Waals surface area contributed by atoms with Gasteiger partial charge >= 0.3 is 0 Å². The average Bonchev–Trinajstić information content (AvgIpc) is 2.74. The summed E-state index contributed by atoms with van der Waals surface area (Å²) in [5.74, 6) is 0.107. The van der Waals surface area contributed by atoms with E-state index in [2.05, 4.69) is 31.9 Å². The second kappa shape index (κ2) is 4.65. The number of rotatable bonds is 2. The largest absolute Gasteiger partial charge is 0.367 e. The molecule has 0 aromatic carbocycles. The van der Waals surface area contributed by atoms with Crippen LogP contribution in [0.25, 0.3) is 0 Å². The van der Waals surface area contributed by atoms with Crippen molar-refractivity contribution in [3.8, 4) is 0 Å². The number of carbonyl (C=O) groups is 1. The minimum absolute atomic E-state index is 0.107. The van der Waals surface area contributed by atoms with Gasteiger partial charge in [-0.05, 0) is 57.7 Å². The molecule has 1 aromatic heterocycles. The maximum absolute atomic E-state index is 12.0. The van der Waals surface area contributed by atoms with Crippen molar-refractivity contribution >= 4 is 49.0 Å². The van der Waals surface area contributed by atoms with Crippen LogP contribution in [-0.4, -0.2) is 18.0 Å². The van der Waals surface area contributed by atoms with Gasteiger partial charge in [0.15, 0.2) is 0 Å². The normalized spacial score (nSPS) is 25.8. The van der Waals surface area contributed by atoms with E-state index in [-0.39, 0.29) is 18.0 Å². The topological polar surface area (TPSA) is 26.3 Å². The molecule has 0 bridgehead atoms. The lowest BCUT2D eigenvalue weighted by Gasteiger charge is -2.07. The fourth-order valence-corrected chi connectivity index (χ4v) is 3.64. The lowest BCUT2D eigenvalue weighted by atomic mass is 10.1. The van der Waals surface area contributed by atoms with Crippen LogP contribution in [0, 0.1) is 0 Å². The minimum atomic E-state index is -0.238. The van der Waals surface area contributed by atoms with Crippen molar-refractivity contribution in [1.29, 1.82) is 0 Å². The lowest BCUT2D eigenvalue weighted by Crippen LogP contribution is -2.19. The SMILES string of the molecule is CC1CCC(C(=O)c2cc(Br)c(Br)s2)O1. The molecule has 1 aromatic rings. The summed E-state index contributed by atoms with van der Waals surface area (Å²) in [5, 5.41) is 0. The Kier molecular flexibility index (Phi) is 3.65. The highest BCUT2D eigenvalue weighted by Crippen LogP contribution is 2.34. The van der Waals surface area contributed by atoms with Gasteiger partial charge in [0, 0.05) is 4.47 Å². The van der Waals surface area contributed by atoms with E-state index in [1.54, 1.807) is 0 Å². The summed E-state index contributed by atoms with van der Waals surface area (Å²) in [4.78, 5) is 12.8. The Labute approximate surface area is 109 Å². The molecule has 1 aliphatic rings. The molecule has 0 aliphatic carbocycles. The van der Waals surface area contributed by atoms with Crippen LogP contribution in [0.1, 0.15) is 29.4 Å². The van der Waals surface area contributed by atoms with Crippen molar-refractivity contribution in [3.05, 3.63) is 19.2 Å². The molecule has 2 heterocycles. The molecule has 0 amide bonds. The predicted molar refractivity (Wildman–Crippen MR) is 67.6 cm³/mol. The van der Waals surface area contributed by atoms with E-state index in [1.165, 1.54) is 11.3 Å². The fourth-order valence-electron chi connectivity index (χ4n) is 1.62. The molecule has 2 rings (SSSR count). The van der Waals surface area contributed by atoms with Gasteiger partial charge < -0.3 is 4.74 Å². The first-order valence-electron chi connectivity index (χ1n) is 4.72. The maximum atomic E-state index is 12.0. The van der Waals surface area contributed by atoms with E-state index in [0.29, 0.717) is 0 Å². The molecular formula is C10H10Br2O2S. The third kappa shape index (κ3) is 2.52. The Bertz CT molecular complexity index is 369. The summed E-state index contributed by atoms with van der Waals surface area (Å²) in [6, 6.07) is 1.85. The van der Waals surface area contributed by atoms with Crippen LogP contribution in [0.4, 0.5) is 0 Å². The number of hydrogen-bond acceptors (Lipinski definition) is 3. The Morgan fingerprint density at radius 3 is 2.73 bits per heavy atom. The second-order valence-electron chi connectivity index (χ2n) is 3.61. The summed E-state index contributed by atoms with van der Waals surface area (Å²) >= 11 is 8.21. The number of hydrogen-bond donors (Lipinski definition) is 0. The Balaban J connectivity index is 2.14. The van der Waals surface area contributed by atoms with Gasteiger partial charge in [-0.3, -0.25) is 4.79 Å². The first-order valence-corrected chi connectivity index (χ1v) is 7.12. The summed E-state index contributed by atoms with van der Waals surface area (Å²) in [7, 11) is 0. The lowest BCUT2D eigenvalue weighted by molar-refractivity contribution is 0.0437. The van der Waals surface area contributed by atoms with Gasteiger partial charge in [0.2, 0.25) is 5.78 Å². The van der Waals surface area contributed by atoms with Gasteiger partial charge in [-0.2, -0.15) is 0 Å². The summed E-state index contributed by atoms with van der Waals surface area (Å²) < 4.78 is 7.44. The molecular weight excluding hydrogens is 344 g/mol. The number of ether oxygens (including phenoxy) is 1. The number of ketones is 1. The highest BCUT2D eigenvalue weighted by molar-refractivity contribution is 9.13. The summed E-state index contributed by atoms with van der Waals surface area (Å²) in [6.45, 7) is 2.01. The van der Waals surface area contributed by atoms with E-state index in [0.717, 1.165) is 26.0 Å². The van der Waals surface area contributed by atoms with Crippen molar-refractivity contribution in [3.63, 3.8) is 0 Å². The first kappa shape index (κ1) is 11.8. The van der Waals surface area contributed by atoms with Gasteiger partial charge in [-0.25, -0.2) is 0 Å². The van der Waals surface area contributed by atoms with E-state index in [1.807, 2.05) is 13.0 Å². The molecule has 2 nitrogen and oxygen atoms in total. The zero-order chi connectivity index (χ0) is 11.0. The number of halogens is 2. The van der Waals surface area contributed by atoms with Gasteiger partial charge in [0.1, 0.15) is 6.10 Å². The monoisotopic (exact) mass is 352 g/mol. The van der Waals surface area contributed by atoms with Crippen LogP contribution in [0.3, 0.4) is 0 Å². The van der Waals surface area contributed by atoms with Gasteiger partial charge in [-0.1, -0.05) is 0 Å². The molecule has 0 radical (unpaired) electrons. The summed E-state index contributed by atoms with van der Waals surface area (Å²) in [5.41, 5.74) is 0. The Morgan fingerprint density at radius 1 is 1.53 bits per heavy atom. The minimum Gasteiger partial charge on any atom is -0.367 e. The molecule has 2 unspecified atom stereocenters. The molecule has 0 N–H and O–H groups in total. The first-order chi connectivity index (χ1) is 7.08. The average molecular weight is 354 g/mol. The molecule has 15 heavy (non-hydrogen) atoms. The van der Waals surface area contributed by atoms with Crippen LogP contribution in [0.2, 0.25) is 0 Å². The van der Waals surface area contributed by atoms with E-state index in [4.69, 9.17) is 4.74 Å². The zero-order valence-corrected chi connectivity index (χ0v) is 12.1. The van der Waals surface area contributed by atoms with Crippen molar-refractivity contribution in [2.24, 2.45) is 0 Å². The van der Waals surface area contributed by atoms with E-state index >= 15 is 0 Å². The van der Waals surface area contributed by atoms with Crippen LogP contribution >= 0.6 is 43.2 Å². The number of thiophene rings is 1. The maximum Gasteiger partial charge on any atom is 0.201 e. The van der Waals surface area contributed by atoms with Crippen LogP contribution in [-0.2, 0) is 4.74 Å². The van der Waals surface area contributed by atoms with Crippen molar-refractivity contribution < 1.29 is 9.53 Å². The molecule has 2 atom stereocenters. The molecule has 5 heteroatoms. The standard InChI is InChI=1S/C10H10Br2O2S/c1-5-2-3-7(14-5)9(13)8-4-6(11)10(12)15-8/h4-5,7H,2-3H2,1H3. The zero-order valence-electron chi connectivity index (χ0n) is 8.13. The molecule has 0 saturated carbocycles. The van der Waals surface area contributed by atoms with Crippen LogP contribution in [0.15, 0.2) is 14.3 Å². The number of carbonyl (C=O) groups excluding carboxylic acids is 1. The quantitative estimate of drug-likeness (QED) is 0.750. The highest BCUT2D eigenvalue weighted by Gasteiger charge is 2.30. The molecule has 1 aliphatic heterocycles. The highest BCUT2D eigenvalue weighted by atomic mass is 79.9. The third-order valence-corrected chi connectivity index (χ3v) is 5.68. The van der Waals surface area contributed by atoms with Gasteiger partial charge in [-0.15, -0.1) is 11.3 Å². The van der Waals surface area contributed by atoms with Gasteiger partial charge in [0.05, 0.1) is 14.8 Å². The van der Waals surface area contributed by atoms with Crippen molar-refractivity contribution in [2.45, 2.75) is 32.0 Å². The molecule has 82 valence electrons. The Hall–Kier alpha value is 0.290. The van der Waals surface area contributed by atoms with Crippen molar-refractivity contribution in [2.75, 3.05) is 0 Å². The van der Waals surface area contributed by atoms with Crippen LogP contribution < -0.4 is 0 Å². The second-order valence-corrected chi connectivity index (χ2v) is 6.83. The molecule has 1 saturated heterocycles. The fraction of sp³-hybridized carbons (Fsp3) is 0.500.